The van der Waals surface area contributed by atoms with Crippen molar-refractivity contribution >= 4 is 29.1 Å². The lowest BCUT2D eigenvalue weighted by molar-refractivity contribution is -0.116. The molecule has 2 heterocycles. The first-order chi connectivity index (χ1) is 13.7. The summed E-state index contributed by atoms with van der Waals surface area (Å²) in [7, 11) is 1.61. The molecule has 4 rings (SSSR count). The summed E-state index contributed by atoms with van der Waals surface area (Å²) in [5, 5.41) is 11.5. The molecule has 1 aliphatic heterocycles. The second-order valence-corrected chi connectivity index (χ2v) is 7.23. The van der Waals surface area contributed by atoms with Crippen LogP contribution in [-0.2, 0) is 11.2 Å². The van der Waals surface area contributed by atoms with Gasteiger partial charge in [0.05, 0.1) is 18.6 Å². The van der Waals surface area contributed by atoms with Crippen molar-refractivity contribution in [2.45, 2.75) is 18.0 Å². The van der Waals surface area contributed by atoms with Crippen LogP contribution in [0.3, 0.4) is 0 Å². The first kappa shape index (κ1) is 18.2. The third-order valence-electron chi connectivity index (χ3n) is 4.52. The van der Waals surface area contributed by atoms with Crippen LogP contribution in [-0.4, -0.2) is 39.3 Å². The molecule has 7 nitrogen and oxygen atoms in total. The van der Waals surface area contributed by atoms with Gasteiger partial charge in [0.15, 0.2) is 10.9 Å². The predicted octanol–water partition coefficient (Wildman–Crippen LogP) is 3.14. The number of Topliss-reactive ketones (excluding diaryl/α,β-unsaturated/α-hetero) is 1. The number of amides is 1. The second kappa shape index (κ2) is 7.85. The predicted molar refractivity (Wildman–Crippen MR) is 106 cm³/mol. The summed E-state index contributed by atoms with van der Waals surface area (Å²) >= 11 is 1.32. The number of carbonyl (C=O) groups excluding carboxylic acids is 2. The number of ketones is 1. The minimum absolute atomic E-state index is 0.000670. The van der Waals surface area contributed by atoms with Crippen molar-refractivity contribution in [3.63, 3.8) is 0 Å². The Labute approximate surface area is 166 Å². The number of para-hydroxylation sites is 2. The maximum Gasteiger partial charge on any atom is 0.224 e. The number of anilines is 1. The number of aromatic nitrogens is 3. The fourth-order valence-corrected chi connectivity index (χ4v) is 3.90. The fraction of sp³-hybridized carbons (Fsp3) is 0.200. The fourth-order valence-electron chi connectivity index (χ4n) is 3.09. The maximum atomic E-state index is 12.7. The molecule has 28 heavy (non-hydrogen) atoms. The molecule has 0 saturated heterocycles. The van der Waals surface area contributed by atoms with Gasteiger partial charge in [-0.1, -0.05) is 23.9 Å². The maximum absolute atomic E-state index is 12.7. The summed E-state index contributed by atoms with van der Waals surface area (Å²) in [5.74, 6) is 0.947. The molecule has 0 spiro atoms. The normalized spacial score (nSPS) is 13.0. The molecule has 0 atom stereocenters. The summed E-state index contributed by atoms with van der Waals surface area (Å²) in [6.07, 6.45) is 2.70. The molecule has 1 N–H and O–H groups in total. The Balaban J connectivity index is 1.49. The van der Waals surface area contributed by atoms with E-state index in [-0.39, 0.29) is 17.4 Å². The zero-order valence-electron chi connectivity index (χ0n) is 15.2. The number of rotatable bonds is 6. The Hall–Kier alpha value is -3.13. The minimum Gasteiger partial charge on any atom is -0.495 e. The van der Waals surface area contributed by atoms with E-state index in [4.69, 9.17) is 4.74 Å². The van der Waals surface area contributed by atoms with E-state index in [1.54, 1.807) is 30.1 Å². The standard InChI is InChI=1S/C20H18N4O3S/c1-27-18-5-3-2-4-16(18)24-12-21-23-20(24)28-11-17(25)14-6-8-15-13(10-14)7-9-19(26)22-15/h2-6,8,10,12H,7,9,11H2,1H3,(H,22,26). The smallest absolute Gasteiger partial charge is 0.224 e. The van der Waals surface area contributed by atoms with Crippen LogP contribution < -0.4 is 10.1 Å². The number of nitrogens with zero attached hydrogens (tertiary/aromatic N) is 3. The van der Waals surface area contributed by atoms with Crippen molar-refractivity contribution in [1.82, 2.24) is 14.8 Å². The van der Waals surface area contributed by atoms with Crippen LogP contribution in [0.25, 0.3) is 5.69 Å². The molecule has 0 bridgehead atoms. The van der Waals surface area contributed by atoms with Gasteiger partial charge in [0.2, 0.25) is 5.91 Å². The van der Waals surface area contributed by atoms with Crippen LogP contribution in [0, 0.1) is 0 Å². The Kier molecular flexibility index (Phi) is 5.12. The van der Waals surface area contributed by atoms with Crippen molar-refractivity contribution in [1.29, 1.82) is 0 Å². The molecular weight excluding hydrogens is 376 g/mol. The average Bonchev–Trinajstić information content (AvgIpc) is 3.20. The lowest BCUT2D eigenvalue weighted by Crippen LogP contribution is -2.19. The summed E-state index contributed by atoms with van der Waals surface area (Å²) < 4.78 is 7.20. The Bertz CT molecular complexity index is 1050. The van der Waals surface area contributed by atoms with Crippen molar-refractivity contribution in [2.24, 2.45) is 0 Å². The number of carbonyl (C=O) groups is 2. The molecular formula is C20H18N4O3S. The van der Waals surface area contributed by atoms with Gasteiger partial charge in [-0.15, -0.1) is 10.2 Å². The quantitative estimate of drug-likeness (QED) is 0.511. The van der Waals surface area contributed by atoms with Gasteiger partial charge < -0.3 is 10.1 Å². The van der Waals surface area contributed by atoms with Crippen molar-refractivity contribution in [2.75, 3.05) is 18.2 Å². The molecule has 2 aromatic carbocycles. The lowest BCUT2D eigenvalue weighted by Gasteiger charge is -2.17. The zero-order chi connectivity index (χ0) is 19.5. The van der Waals surface area contributed by atoms with Gasteiger partial charge in [0.25, 0.3) is 0 Å². The molecule has 3 aromatic rings. The summed E-state index contributed by atoms with van der Waals surface area (Å²) in [4.78, 5) is 24.1. The van der Waals surface area contributed by atoms with E-state index < -0.39 is 0 Å². The summed E-state index contributed by atoms with van der Waals surface area (Å²) in [6.45, 7) is 0. The Morgan fingerprint density at radius 1 is 1.25 bits per heavy atom. The van der Waals surface area contributed by atoms with E-state index in [0.29, 0.717) is 29.3 Å². The third-order valence-corrected chi connectivity index (χ3v) is 5.46. The van der Waals surface area contributed by atoms with Crippen molar-refractivity contribution in [3.8, 4) is 11.4 Å². The van der Waals surface area contributed by atoms with Gasteiger partial charge in [-0.05, 0) is 42.3 Å². The molecule has 0 fully saturated rings. The van der Waals surface area contributed by atoms with E-state index >= 15 is 0 Å². The monoisotopic (exact) mass is 394 g/mol. The highest BCUT2D eigenvalue weighted by Crippen LogP contribution is 2.28. The second-order valence-electron chi connectivity index (χ2n) is 6.29. The Morgan fingerprint density at radius 2 is 2.11 bits per heavy atom. The molecule has 0 unspecified atom stereocenters. The molecule has 0 saturated carbocycles. The number of aryl methyl sites for hydroxylation is 1. The number of hydrogen-bond donors (Lipinski definition) is 1. The molecule has 1 amide bonds. The number of ether oxygens (including phenoxy) is 1. The highest BCUT2D eigenvalue weighted by atomic mass is 32.2. The van der Waals surface area contributed by atoms with E-state index in [1.807, 2.05) is 30.3 Å². The summed E-state index contributed by atoms with van der Waals surface area (Å²) in [5.41, 5.74) is 3.23. The average molecular weight is 394 g/mol. The van der Waals surface area contributed by atoms with Crippen molar-refractivity contribution < 1.29 is 14.3 Å². The molecule has 0 aliphatic carbocycles. The summed E-state index contributed by atoms with van der Waals surface area (Å²) in [6, 6.07) is 13.0. The first-order valence-corrected chi connectivity index (χ1v) is 9.76. The van der Waals surface area contributed by atoms with Crippen LogP contribution in [0.15, 0.2) is 53.9 Å². The minimum atomic E-state index is -0.000670. The highest BCUT2D eigenvalue weighted by molar-refractivity contribution is 7.99. The van der Waals surface area contributed by atoms with Gasteiger partial charge in [0, 0.05) is 17.7 Å². The SMILES string of the molecule is COc1ccccc1-n1cnnc1SCC(=O)c1ccc2c(c1)CCC(=O)N2. The van der Waals surface area contributed by atoms with Gasteiger partial charge >= 0.3 is 0 Å². The molecule has 142 valence electrons. The lowest BCUT2D eigenvalue weighted by atomic mass is 9.99. The van der Waals surface area contributed by atoms with Gasteiger partial charge in [-0.2, -0.15) is 0 Å². The van der Waals surface area contributed by atoms with E-state index in [0.717, 1.165) is 16.9 Å². The Morgan fingerprint density at radius 3 is 2.96 bits per heavy atom. The van der Waals surface area contributed by atoms with E-state index in [9.17, 15) is 9.59 Å². The van der Waals surface area contributed by atoms with E-state index in [2.05, 4.69) is 15.5 Å². The number of nitrogens with one attached hydrogen (secondary N) is 1. The number of methoxy groups -OCH3 is 1. The number of benzene rings is 2. The van der Waals surface area contributed by atoms with Gasteiger partial charge in [0.1, 0.15) is 12.1 Å². The van der Waals surface area contributed by atoms with E-state index in [1.165, 1.54) is 11.8 Å². The molecule has 1 aliphatic rings. The van der Waals surface area contributed by atoms with Crippen LogP contribution in [0.4, 0.5) is 5.69 Å². The van der Waals surface area contributed by atoms with Crippen LogP contribution in [0.1, 0.15) is 22.3 Å². The van der Waals surface area contributed by atoms with Crippen molar-refractivity contribution in [3.05, 3.63) is 59.9 Å². The van der Waals surface area contributed by atoms with Crippen LogP contribution in [0.2, 0.25) is 0 Å². The van der Waals surface area contributed by atoms with Crippen LogP contribution >= 0.6 is 11.8 Å². The van der Waals surface area contributed by atoms with Crippen LogP contribution in [0.5, 0.6) is 5.75 Å². The number of fused-ring (bicyclic) bond motifs is 1. The van der Waals surface area contributed by atoms with Gasteiger partial charge in [-0.25, -0.2) is 0 Å². The highest BCUT2D eigenvalue weighted by Gasteiger charge is 2.18. The number of thioether (sulfide) groups is 1. The molecule has 8 heteroatoms. The van der Waals surface area contributed by atoms with Gasteiger partial charge in [-0.3, -0.25) is 14.2 Å². The zero-order valence-corrected chi connectivity index (χ0v) is 16.0. The largest absolute Gasteiger partial charge is 0.495 e. The first-order valence-electron chi connectivity index (χ1n) is 8.78. The topological polar surface area (TPSA) is 86.1 Å². The molecule has 1 aromatic heterocycles. The number of hydrogen-bond acceptors (Lipinski definition) is 6. The third kappa shape index (κ3) is 3.63. The molecule has 0 radical (unpaired) electrons.